The molecule has 1 aromatic heterocycles. The number of pyridine rings is 1. The van der Waals surface area contributed by atoms with Crippen molar-refractivity contribution in [2.24, 2.45) is 0 Å². The molecule has 98 valence electrons. The van der Waals surface area contributed by atoms with Crippen LogP contribution in [0.15, 0.2) is 36.5 Å². The van der Waals surface area contributed by atoms with Crippen LogP contribution in [0, 0.1) is 13.8 Å². The van der Waals surface area contributed by atoms with Crippen LogP contribution in [0.4, 0.5) is 11.4 Å². The van der Waals surface area contributed by atoms with Crippen molar-refractivity contribution >= 4 is 17.3 Å². The number of anilines is 2. The van der Waals surface area contributed by atoms with E-state index in [4.69, 9.17) is 0 Å². The number of carbonyl (C=O) groups is 1. The van der Waals surface area contributed by atoms with Gasteiger partial charge in [0, 0.05) is 24.0 Å². The number of carbonyl (C=O) groups excluding carboxylic acids is 1. The monoisotopic (exact) mass is 255 g/mol. The molecule has 1 aromatic carbocycles. The van der Waals surface area contributed by atoms with Crippen molar-refractivity contribution in [1.82, 2.24) is 4.98 Å². The lowest BCUT2D eigenvalue weighted by molar-refractivity contribution is 0.102. The van der Waals surface area contributed by atoms with Crippen LogP contribution < -0.4 is 10.6 Å². The van der Waals surface area contributed by atoms with Crippen molar-refractivity contribution in [3.63, 3.8) is 0 Å². The fourth-order valence-corrected chi connectivity index (χ4v) is 1.81. The molecule has 0 atom stereocenters. The molecule has 4 nitrogen and oxygen atoms in total. The molecule has 2 aromatic rings. The third-order valence-electron chi connectivity index (χ3n) is 2.93. The molecule has 4 heteroatoms. The number of benzene rings is 1. The maximum atomic E-state index is 12.2. The quantitative estimate of drug-likeness (QED) is 0.886. The zero-order chi connectivity index (χ0) is 13.8. The van der Waals surface area contributed by atoms with Gasteiger partial charge in [0.15, 0.2) is 0 Å². The predicted octanol–water partition coefficient (Wildman–Crippen LogP) is 2.99. The van der Waals surface area contributed by atoms with Gasteiger partial charge < -0.3 is 10.6 Å². The van der Waals surface area contributed by atoms with Gasteiger partial charge in [-0.05, 0) is 49.7 Å². The SMILES string of the molecule is CNc1ccc(C(=O)Nc2ccc(C)nc2)c(C)c1. The van der Waals surface area contributed by atoms with Crippen LogP contribution in [0.1, 0.15) is 21.6 Å². The fraction of sp³-hybridized carbons (Fsp3) is 0.200. The van der Waals surface area contributed by atoms with Crippen molar-refractivity contribution in [2.75, 3.05) is 17.7 Å². The number of amides is 1. The van der Waals surface area contributed by atoms with Crippen LogP contribution in [0.3, 0.4) is 0 Å². The number of hydrogen-bond donors (Lipinski definition) is 2. The molecule has 0 aliphatic heterocycles. The molecule has 2 N–H and O–H groups in total. The van der Waals surface area contributed by atoms with Gasteiger partial charge in [-0.15, -0.1) is 0 Å². The predicted molar refractivity (Wildman–Crippen MR) is 77.7 cm³/mol. The van der Waals surface area contributed by atoms with Gasteiger partial charge in [0.25, 0.3) is 5.91 Å². The van der Waals surface area contributed by atoms with Crippen LogP contribution >= 0.6 is 0 Å². The minimum Gasteiger partial charge on any atom is -0.388 e. The Labute approximate surface area is 112 Å². The van der Waals surface area contributed by atoms with Crippen LogP contribution in [0.5, 0.6) is 0 Å². The average molecular weight is 255 g/mol. The summed E-state index contributed by atoms with van der Waals surface area (Å²) in [6.07, 6.45) is 1.66. The Balaban J connectivity index is 2.18. The number of nitrogens with one attached hydrogen (secondary N) is 2. The highest BCUT2D eigenvalue weighted by atomic mass is 16.1. The van der Waals surface area contributed by atoms with E-state index in [0.29, 0.717) is 11.3 Å². The van der Waals surface area contributed by atoms with Crippen LogP contribution in [0.2, 0.25) is 0 Å². The van der Waals surface area contributed by atoms with E-state index >= 15 is 0 Å². The molecule has 0 aliphatic carbocycles. The molecule has 1 amide bonds. The zero-order valence-corrected chi connectivity index (χ0v) is 11.3. The lowest BCUT2D eigenvalue weighted by Gasteiger charge is -2.09. The van der Waals surface area contributed by atoms with Crippen molar-refractivity contribution in [3.8, 4) is 0 Å². The Morgan fingerprint density at radius 3 is 2.42 bits per heavy atom. The highest BCUT2D eigenvalue weighted by Gasteiger charge is 2.09. The second kappa shape index (κ2) is 5.52. The molecule has 2 rings (SSSR count). The van der Waals surface area contributed by atoms with E-state index in [-0.39, 0.29) is 5.91 Å². The largest absolute Gasteiger partial charge is 0.388 e. The number of rotatable bonds is 3. The smallest absolute Gasteiger partial charge is 0.255 e. The first-order chi connectivity index (χ1) is 9.10. The zero-order valence-electron chi connectivity index (χ0n) is 11.3. The van der Waals surface area contributed by atoms with E-state index < -0.39 is 0 Å². The minimum atomic E-state index is -0.120. The second-order valence-corrected chi connectivity index (χ2v) is 4.42. The molecule has 0 unspecified atom stereocenters. The van der Waals surface area contributed by atoms with Crippen LogP contribution in [0.25, 0.3) is 0 Å². The summed E-state index contributed by atoms with van der Waals surface area (Å²) < 4.78 is 0. The van der Waals surface area contributed by atoms with E-state index in [1.807, 2.05) is 51.2 Å². The summed E-state index contributed by atoms with van der Waals surface area (Å²) >= 11 is 0. The fourth-order valence-electron chi connectivity index (χ4n) is 1.81. The van der Waals surface area contributed by atoms with Crippen molar-refractivity contribution in [2.45, 2.75) is 13.8 Å². The van der Waals surface area contributed by atoms with Crippen molar-refractivity contribution < 1.29 is 4.79 Å². The molecule has 0 aliphatic rings. The summed E-state index contributed by atoms with van der Waals surface area (Å²) in [5.74, 6) is -0.120. The Bertz CT molecular complexity index is 591. The summed E-state index contributed by atoms with van der Waals surface area (Å²) in [6, 6.07) is 9.36. The van der Waals surface area contributed by atoms with Gasteiger partial charge in [-0.3, -0.25) is 9.78 Å². The Hall–Kier alpha value is -2.36. The van der Waals surface area contributed by atoms with Gasteiger partial charge in [0.1, 0.15) is 0 Å². The van der Waals surface area contributed by atoms with Gasteiger partial charge in [-0.25, -0.2) is 0 Å². The van der Waals surface area contributed by atoms with Gasteiger partial charge in [-0.2, -0.15) is 0 Å². The maximum absolute atomic E-state index is 12.2. The Morgan fingerprint density at radius 2 is 1.84 bits per heavy atom. The summed E-state index contributed by atoms with van der Waals surface area (Å²) in [7, 11) is 1.85. The lowest BCUT2D eigenvalue weighted by atomic mass is 10.1. The normalized spacial score (nSPS) is 10.1. The molecule has 0 radical (unpaired) electrons. The first kappa shape index (κ1) is 13.1. The Morgan fingerprint density at radius 1 is 1.11 bits per heavy atom. The highest BCUT2D eigenvalue weighted by Crippen LogP contribution is 2.16. The third-order valence-corrected chi connectivity index (χ3v) is 2.93. The highest BCUT2D eigenvalue weighted by molar-refractivity contribution is 6.05. The van der Waals surface area contributed by atoms with E-state index in [2.05, 4.69) is 15.6 Å². The number of aromatic nitrogens is 1. The molecule has 0 saturated heterocycles. The second-order valence-electron chi connectivity index (χ2n) is 4.42. The van der Waals surface area contributed by atoms with Crippen molar-refractivity contribution in [1.29, 1.82) is 0 Å². The van der Waals surface area contributed by atoms with Gasteiger partial charge in [0.2, 0.25) is 0 Å². The summed E-state index contributed by atoms with van der Waals surface area (Å²) in [6.45, 7) is 3.83. The van der Waals surface area contributed by atoms with Crippen molar-refractivity contribution in [3.05, 3.63) is 53.3 Å². The first-order valence-electron chi connectivity index (χ1n) is 6.12. The lowest BCUT2D eigenvalue weighted by Crippen LogP contribution is -2.13. The number of aryl methyl sites for hydroxylation is 2. The molecule has 0 spiro atoms. The van der Waals surface area contributed by atoms with Gasteiger partial charge >= 0.3 is 0 Å². The van der Waals surface area contributed by atoms with E-state index in [1.54, 1.807) is 6.20 Å². The average Bonchev–Trinajstić information content (AvgIpc) is 2.41. The minimum absolute atomic E-state index is 0.120. The van der Waals surface area contributed by atoms with Crippen LogP contribution in [-0.2, 0) is 0 Å². The molecule has 1 heterocycles. The molecular formula is C15H17N3O. The van der Waals surface area contributed by atoms with Gasteiger partial charge in [-0.1, -0.05) is 0 Å². The van der Waals surface area contributed by atoms with E-state index in [0.717, 1.165) is 16.9 Å². The van der Waals surface area contributed by atoms with Gasteiger partial charge in [0.05, 0.1) is 11.9 Å². The summed E-state index contributed by atoms with van der Waals surface area (Å²) in [5, 5.41) is 5.89. The summed E-state index contributed by atoms with van der Waals surface area (Å²) in [5.41, 5.74) is 4.22. The number of hydrogen-bond acceptors (Lipinski definition) is 3. The molecule has 0 saturated carbocycles. The van der Waals surface area contributed by atoms with E-state index in [1.165, 1.54) is 0 Å². The van der Waals surface area contributed by atoms with Crippen LogP contribution in [-0.4, -0.2) is 17.9 Å². The maximum Gasteiger partial charge on any atom is 0.255 e. The molecule has 0 fully saturated rings. The number of nitrogens with zero attached hydrogens (tertiary/aromatic N) is 1. The third kappa shape index (κ3) is 3.10. The molecular weight excluding hydrogens is 238 g/mol. The Kier molecular flexibility index (Phi) is 3.80. The van der Waals surface area contributed by atoms with E-state index in [9.17, 15) is 4.79 Å². The first-order valence-corrected chi connectivity index (χ1v) is 6.12. The molecule has 19 heavy (non-hydrogen) atoms. The molecule has 0 bridgehead atoms. The standard InChI is InChI=1S/C15H17N3O/c1-10-8-12(16-3)6-7-14(10)15(19)18-13-5-4-11(2)17-9-13/h4-9,16H,1-3H3,(H,18,19). The topological polar surface area (TPSA) is 54.0 Å². The summed E-state index contributed by atoms with van der Waals surface area (Å²) in [4.78, 5) is 16.3.